The average Bonchev–Trinajstić information content (AvgIpc) is 2.88. The van der Waals surface area contributed by atoms with Crippen LogP contribution in [0.5, 0.6) is 0 Å². The van der Waals surface area contributed by atoms with E-state index < -0.39 is 0 Å². The number of carbonyl (C=O) groups excluding carboxylic acids is 1. The Morgan fingerprint density at radius 1 is 1.30 bits per heavy atom. The minimum atomic E-state index is -0.158. The number of benzene rings is 1. The SMILES string of the molecule is CC(C)C(C)NC(=O)c1ccn(-c2cccc(N)c2)n1. The maximum atomic E-state index is 12.1. The number of aromatic nitrogens is 2. The first-order valence-corrected chi connectivity index (χ1v) is 6.70. The molecule has 106 valence electrons. The molecule has 0 bridgehead atoms. The number of anilines is 1. The number of nitrogens with one attached hydrogen (secondary N) is 1. The maximum Gasteiger partial charge on any atom is 0.272 e. The lowest BCUT2D eigenvalue weighted by Crippen LogP contribution is -2.36. The van der Waals surface area contributed by atoms with Crippen molar-refractivity contribution >= 4 is 11.6 Å². The molecule has 1 atom stereocenters. The van der Waals surface area contributed by atoms with Gasteiger partial charge in [0.2, 0.25) is 0 Å². The summed E-state index contributed by atoms with van der Waals surface area (Å²) in [5.41, 5.74) is 7.64. The summed E-state index contributed by atoms with van der Waals surface area (Å²) < 4.78 is 1.64. The first-order chi connectivity index (χ1) is 9.47. The van der Waals surface area contributed by atoms with Gasteiger partial charge in [0, 0.05) is 17.9 Å². The van der Waals surface area contributed by atoms with Gasteiger partial charge in [-0.2, -0.15) is 5.10 Å². The number of nitrogens with two attached hydrogens (primary N) is 1. The summed E-state index contributed by atoms with van der Waals surface area (Å²) in [7, 11) is 0. The van der Waals surface area contributed by atoms with E-state index in [1.54, 1.807) is 16.9 Å². The molecule has 0 radical (unpaired) electrons. The minimum absolute atomic E-state index is 0.111. The molecule has 5 heteroatoms. The second kappa shape index (κ2) is 5.77. The van der Waals surface area contributed by atoms with E-state index >= 15 is 0 Å². The van der Waals surface area contributed by atoms with E-state index in [1.807, 2.05) is 31.2 Å². The summed E-state index contributed by atoms with van der Waals surface area (Å²) in [5.74, 6) is 0.226. The highest BCUT2D eigenvalue weighted by molar-refractivity contribution is 5.92. The number of nitrogens with zero attached hydrogens (tertiary/aromatic N) is 2. The highest BCUT2D eigenvalue weighted by Gasteiger charge is 2.15. The molecule has 0 aliphatic heterocycles. The van der Waals surface area contributed by atoms with Crippen LogP contribution >= 0.6 is 0 Å². The van der Waals surface area contributed by atoms with Gasteiger partial charge >= 0.3 is 0 Å². The highest BCUT2D eigenvalue weighted by atomic mass is 16.2. The molecule has 1 unspecified atom stereocenters. The van der Waals surface area contributed by atoms with E-state index in [9.17, 15) is 4.79 Å². The maximum absolute atomic E-state index is 12.1. The lowest BCUT2D eigenvalue weighted by molar-refractivity contribution is 0.0925. The molecule has 0 fully saturated rings. The summed E-state index contributed by atoms with van der Waals surface area (Å²) in [6, 6.07) is 9.18. The van der Waals surface area contributed by atoms with Crippen molar-refractivity contribution in [2.75, 3.05) is 5.73 Å². The van der Waals surface area contributed by atoms with Crippen molar-refractivity contribution in [2.45, 2.75) is 26.8 Å². The van der Waals surface area contributed by atoms with Crippen LogP contribution in [0.4, 0.5) is 5.69 Å². The quantitative estimate of drug-likeness (QED) is 0.838. The van der Waals surface area contributed by atoms with Crippen molar-refractivity contribution in [2.24, 2.45) is 5.92 Å². The van der Waals surface area contributed by atoms with E-state index in [0.717, 1.165) is 5.69 Å². The molecule has 5 nitrogen and oxygen atoms in total. The Labute approximate surface area is 118 Å². The van der Waals surface area contributed by atoms with E-state index in [0.29, 0.717) is 17.3 Å². The van der Waals surface area contributed by atoms with Gasteiger partial charge in [0.25, 0.3) is 5.91 Å². The number of hydrogen-bond donors (Lipinski definition) is 2. The van der Waals surface area contributed by atoms with Gasteiger partial charge in [-0.1, -0.05) is 19.9 Å². The molecule has 0 spiro atoms. The van der Waals surface area contributed by atoms with E-state index in [-0.39, 0.29) is 11.9 Å². The van der Waals surface area contributed by atoms with Crippen LogP contribution in [0.15, 0.2) is 36.5 Å². The zero-order chi connectivity index (χ0) is 14.7. The van der Waals surface area contributed by atoms with Crippen LogP contribution in [-0.4, -0.2) is 21.7 Å². The van der Waals surface area contributed by atoms with Gasteiger partial charge in [-0.3, -0.25) is 4.79 Å². The fourth-order valence-corrected chi connectivity index (χ4v) is 1.70. The molecule has 3 N–H and O–H groups in total. The number of hydrogen-bond acceptors (Lipinski definition) is 3. The predicted octanol–water partition coefficient (Wildman–Crippen LogP) is 2.23. The second-order valence-electron chi connectivity index (χ2n) is 5.25. The van der Waals surface area contributed by atoms with Crippen LogP contribution in [0, 0.1) is 5.92 Å². The molecule has 20 heavy (non-hydrogen) atoms. The van der Waals surface area contributed by atoms with Crippen LogP contribution in [0.3, 0.4) is 0 Å². The molecule has 0 saturated heterocycles. The van der Waals surface area contributed by atoms with Gasteiger partial charge in [0.05, 0.1) is 5.69 Å². The number of carbonyl (C=O) groups is 1. The van der Waals surface area contributed by atoms with Gasteiger partial charge < -0.3 is 11.1 Å². The van der Waals surface area contributed by atoms with Gasteiger partial charge in [0.1, 0.15) is 0 Å². The molecule has 1 amide bonds. The summed E-state index contributed by atoms with van der Waals surface area (Å²) in [5, 5.41) is 7.22. The van der Waals surface area contributed by atoms with E-state index in [4.69, 9.17) is 5.73 Å². The van der Waals surface area contributed by atoms with Gasteiger partial charge in [-0.05, 0) is 37.1 Å². The third-order valence-corrected chi connectivity index (χ3v) is 3.32. The highest BCUT2D eigenvalue weighted by Crippen LogP contribution is 2.12. The first-order valence-electron chi connectivity index (χ1n) is 6.70. The van der Waals surface area contributed by atoms with Crippen LogP contribution in [0.25, 0.3) is 5.69 Å². The minimum Gasteiger partial charge on any atom is -0.399 e. The zero-order valence-electron chi connectivity index (χ0n) is 12.0. The Balaban J connectivity index is 2.15. The normalized spacial score (nSPS) is 12.4. The Bertz CT molecular complexity index is 603. The largest absolute Gasteiger partial charge is 0.399 e. The standard InChI is InChI=1S/C15H20N4O/c1-10(2)11(3)17-15(20)14-7-8-19(18-14)13-6-4-5-12(16)9-13/h4-11H,16H2,1-3H3,(H,17,20). The van der Waals surface area contributed by atoms with Crippen LogP contribution in [0.1, 0.15) is 31.3 Å². The summed E-state index contributed by atoms with van der Waals surface area (Å²) in [4.78, 5) is 12.1. The van der Waals surface area contributed by atoms with Crippen LogP contribution in [0.2, 0.25) is 0 Å². The molecule has 0 aliphatic rings. The second-order valence-corrected chi connectivity index (χ2v) is 5.25. The fraction of sp³-hybridized carbons (Fsp3) is 0.333. The Kier molecular flexibility index (Phi) is 4.08. The molecule has 0 saturated carbocycles. The van der Waals surface area contributed by atoms with E-state index in [1.165, 1.54) is 0 Å². The molecule has 0 aliphatic carbocycles. The van der Waals surface area contributed by atoms with Gasteiger partial charge in [-0.25, -0.2) is 4.68 Å². The summed E-state index contributed by atoms with van der Waals surface area (Å²) in [6.07, 6.45) is 1.75. The Morgan fingerprint density at radius 2 is 2.05 bits per heavy atom. The van der Waals surface area contributed by atoms with Gasteiger partial charge in [0.15, 0.2) is 5.69 Å². The molecule has 1 aromatic heterocycles. The molecule has 2 aromatic rings. The predicted molar refractivity (Wildman–Crippen MR) is 79.7 cm³/mol. The van der Waals surface area contributed by atoms with Crippen molar-refractivity contribution in [3.8, 4) is 5.69 Å². The summed E-state index contributed by atoms with van der Waals surface area (Å²) in [6.45, 7) is 6.12. The van der Waals surface area contributed by atoms with Crippen molar-refractivity contribution < 1.29 is 4.79 Å². The van der Waals surface area contributed by atoms with Crippen molar-refractivity contribution in [3.05, 3.63) is 42.2 Å². The number of rotatable bonds is 4. The van der Waals surface area contributed by atoms with Crippen LogP contribution in [-0.2, 0) is 0 Å². The molecule has 2 rings (SSSR count). The van der Waals surface area contributed by atoms with Crippen molar-refractivity contribution in [1.29, 1.82) is 0 Å². The molecular formula is C15H20N4O. The molecule has 1 heterocycles. The van der Waals surface area contributed by atoms with Crippen molar-refractivity contribution in [1.82, 2.24) is 15.1 Å². The third kappa shape index (κ3) is 3.17. The topological polar surface area (TPSA) is 72.9 Å². The Hall–Kier alpha value is -2.30. The van der Waals surface area contributed by atoms with Crippen molar-refractivity contribution in [3.63, 3.8) is 0 Å². The lowest BCUT2D eigenvalue weighted by atomic mass is 10.1. The monoisotopic (exact) mass is 272 g/mol. The number of amides is 1. The first kappa shape index (κ1) is 14.1. The smallest absolute Gasteiger partial charge is 0.272 e. The van der Waals surface area contributed by atoms with E-state index in [2.05, 4.69) is 24.3 Å². The number of nitrogen functional groups attached to an aromatic ring is 1. The fourth-order valence-electron chi connectivity index (χ4n) is 1.70. The van der Waals surface area contributed by atoms with Gasteiger partial charge in [-0.15, -0.1) is 0 Å². The third-order valence-electron chi connectivity index (χ3n) is 3.32. The van der Waals surface area contributed by atoms with Crippen LogP contribution < -0.4 is 11.1 Å². The molecular weight excluding hydrogens is 252 g/mol. The molecule has 1 aromatic carbocycles. The summed E-state index contributed by atoms with van der Waals surface area (Å²) >= 11 is 0. The Morgan fingerprint density at radius 3 is 2.70 bits per heavy atom. The average molecular weight is 272 g/mol. The zero-order valence-corrected chi connectivity index (χ0v) is 12.0. The lowest BCUT2D eigenvalue weighted by Gasteiger charge is -2.16.